The van der Waals surface area contributed by atoms with Gasteiger partial charge in [-0.2, -0.15) is 0 Å². The maximum atomic E-state index is 13.8. The molecule has 0 heterocycles. The third-order valence-electron chi connectivity index (χ3n) is 2.74. The molecule has 0 saturated carbocycles. The zero-order valence-corrected chi connectivity index (χ0v) is 11.6. The Morgan fingerprint density at radius 1 is 1.21 bits per heavy atom. The van der Waals surface area contributed by atoms with Crippen molar-refractivity contribution in [1.29, 1.82) is 0 Å². The van der Waals surface area contributed by atoms with Gasteiger partial charge < -0.3 is 10.1 Å². The molecule has 0 aliphatic rings. The summed E-state index contributed by atoms with van der Waals surface area (Å²) in [6, 6.07) is 10.3. The Morgan fingerprint density at radius 2 is 2.00 bits per heavy atom. The molecule has 2 aromatic rings. The van der Waals surface area contributed by atoms with Gasteiger partial charge in [0.05, 0.1) is 5.02 Å². The highest BCUT2D eigenvalue weighted by Crippen LogP contribution is 2.32. The van der Waals surface area contributed by atoms with Crippen molar-refractivity contribution in [2.45, 2.75) is 13.5 Å². The first-order valence-corrected chi connectivity index (χ1v) is 6.35. The molecule has 0 aromatic heterocycles. The fourth-order valence-corrected chi connectivity index (χ4v) is 2.06. The molecule has 0 radical (unpaired) electrons. The van der Waals surface area contributed by atoms with Gasteiger partial charge in [0.2, 0.25) is 0 Å². The number of nitrogens with one attached hydrogen (secondary N) is 1. The molecule has 19 heavy (non-hydrogen) atoms. The Balaban J connectivity index is 2.35. The minimum absolute atomic E-state index is 0.296. The third-order valence-corrected chi connectivity index (χ3v) is 3.03. The second-order valence-corrected chi connectivity index (χ2v) is 4.69. The van der Waals surface area contributed by atoms with Crippen molar-refractivity contribution >= 4 is 11.6 Å². The number of benzene rings is 2. The van der Waals surface area contributed by atoms with Crippen LogP contribution in [-0.2, 0) is 6.54 Å². The van der Waals surface area contributed by atoms with E-state index in [-0.39, 0.29) is 5.82 Å². The second kappa shape index (κ2) is 6.04. The minimum Gasteiger partial charge on any atom is -0.455 e. The van der Waals surface area contributed by atoms with Gasteiger partial charge in [0.15, 0.2) is 0 Å². The summed E-state index contributed by atoms with van der Waals surface area (Å²) in [5.41, 5.74) is 1.54. The largest absolute Gasteiger partial charge is 0.455 e. The van der Waals surface area contributed by atoms with Gasteiger partial charge in [-0.1, -0.05) is 23.7 Å². The zero-order valence-electron chi connectivity index (χ0n) is 10.8. The molecule has 2 rings (SSSR count). The highest BCUT2D eigenvalue weighted by Gasteiger charge is 2.11. The van der Waals surface area contributed by atoms with Crippen LogP contribution in [-0.4, -0.2) is 7.05 Å². The van der Waals surface area contributed by atoms with Crippen molar-refractivity contribution in [3.63, 3.8) is 0 Å². The van der Waals surface area contributed by atoms with Gasteiger partial charge in [0.25, 0.3) is 0 Å². The van der Waals surface area contributed by atoms with Crippen LogP contribution in [0.2, 0.25) is 5.02 Å². The van der Waals surface area contributed by atoms with E-state index in [1.165, 1.54) is 6.07 Å². The number of rotatable bonds is 4. The Bertz CT molecular complexity index is 586. The monoisotopic (exact) mass is 279 g/mol. The molecule has 4 heteroatoms. The summed E-state index contributed by atoms with van der Waals surface area (Å²) in [6.07, 6.45) is 0. The van der Waals surface area contributed by atoms with E-state index < -0.39 is 0 Å². The van der Waals surface area contributed by atoms with Gasteiger partial charge in [0.1, 0.15) is 17.3 Å². The van der Waals surface area contributed by atoms with E-state index in [1.807, 2.05) is 19.1 Å². The SMILES string of the molecule is CNCc1c(F)cccc1Oc1ccc(C)cc1Cl. The molecule has 2 nitrogen and oxygen atoms in total. The molecule has 0 aliphatic carbocycles. The second-order valence-electron chi connectivity index (χ2n) is 4.28. The molecule has 0 amide bonds. The van der Waals surface area contributed by atoms with E-state index in [0.29, 0.717) is 28.6 Å². The number of hydrogen-bond acceptors (Lipinski definition) is 2. The standard InChI is InChI=1S/C15H15ClFNO/c1-10-6-7-15(12(16)8-10)19-14-5-3-4-13(17)11(14)9-18-2/h3-8,18H,9H2,1-2H3. The van der Waals surface area contributed by atoms with Crippen molar-refractivity contribution in [2.24, 2.45) is 0 Å². The molecule has 0 aliphatic heterocycles. The lowest BCUT2D eigenvalue weighted by Crippen LogP contribution is -2.08. The Hall–Kier alpha value is -1.58. The first kappa shape index (κ1) is 13.8. The van der Waals surface area contributed by atoms with Crippen LogP contribution in [0.5, 0.6) is 11.5 Å². The van der Waals surface area contributed by atoms with E-state index in [9.17, 15) is 4.39 Å². The van der Waals surface area contributed by atoms with Crippen LogP contribution in [0, 0.1) is 12.7 Å². The molecular weight excluding hydrogens is 265 g/mol. The summed E-state index contributed by atoms with van der Waals surface area (Å²) >= 11 is 6.11. The van der Waals surface area contributed by atoms with Crippen LogP contribution in [0.25, 0.3) is 0 Å². The average Bonchev–Trinajstić information content (AvgIpc) is 2.37. The summed E-state index contributed by atoms with van der Waals surface area (Å²) in [5.74, 6) is 0.699. The average molecular weight is 280 g/mol. The van der Waals surface area contributed by atoms with Crippen molar-refractivity contribution < 1.29 is 9.13 Å². The van der Waals surface area contributed by atoms with Gasteiger partial charge >= 0.3 is 0 Å². The summed E-state index contributed by atoms with van der Waals surface area (Å²) in [4.78, 5) is 0. The highest BCUT2D eigenvalue weighted by atomic mass is 35.5. The van der Waals surface area contributed by atoms with E-state index in [1.54, 1.807) is 25.2 Å². The molecule has 0 unspecified atom stereocenters. The summed E-state index contributed by atoms with van der Waals surface area (Å²) in [5, 5.41) is 3.44. The Morgan fingerprint density at radius 3 is 2.68 bits per heavy atom. The van der Waals surface area contributed by atoms with Crippen molar-refractivity contribution in [1.82, 2.24) is 5.32 Å². The van der Waals surface area contributed by atoms with Crippen LogP contribution < -0.4 is 10.1 Å². The van der Waals surface area contributed by atoms with Crippen LogP contribution in [0.3, 0.4) is 0 Å². The van der Waals surface area contributed by atoms with Crippen LogP contribution >= 0.6 is 11.6 Å². The van der Waals surface area contributed by atoms with Gasteiger partial charge in [-0.3, -0.25) is 0 Å². The lowest BCUT2D eigenvalue weighted by molar-refractivity contribution is 0.464. The maximum Gasteiger partial charge on any atom is 0.146 e. The Labute approximate surface area is 117 Å². The van der Waals surface area contributed by atoms with Gasteiger partial charge in [0, 0.05) is 12.1 Å². The molecule has 0 bridgehead atoms. The van der Waals surface area contributed by atoms with Crippen LogP contribution in [0.4, 0.5) is 4.39 Å². The molecule has 100 valence electrons. The quantitative estimate of drug-likeness (QED) is 0.901. The smallest absolute Gasteiger partial charge is 0.146 e. The van der Waals surface area contributed by atoms with Crippen molar-refractivity contribution in [3.05, 3.63) is 58.4 Å². The first-order chi connectivity index (χ1) is 9.11. The maximum absolute atomic E-state index is 13.8. The van der Waals surface area contributed by atoms with E-state index in [2.05, 4.69) is 5.32 Å². The number of hydrogen-bond donors (Lipinski definition) is 1. The minimum atomic E-state index is -0.296. The highest BCUT2D eigenvalue weighted by molar-refractivity contribution is 6.32. The molecule has 1 N–H and O–H groups in total. The molecular formula is C15H15ClFNO. The van der Waals surface area contributed by atoms with Gasteiger partial charge in [-0.15, -0.1) is 0 Å². The number of halogens is 2. The lowest BCUT2D eigenvalue weighted by atomic mass is 10.2. The molecule has 2 aromatic carbocycles. The zero-order chi connectivity index (χ0) is 13.8. The van der Waals surface area contributed by atoms with Crippen LogP contribution in [0.15, 0.2) is 36.4 Å². The molecule has 0 atom stereocenters. The van der Waals surface area contributed by atoms with E-state index in [0.717, 1.165) is 5.56 Å². The molecule has 0 saturated heterocycles. The topological polar surface area (TPSA) is 21.3 Å². The van der Waals surface area contributed by atoms with Crippen molar-refractivity contribution in [3.8, 4) is 11.5 Å². The van der Waals surface area contributed by atoms with E-state index >= 15 is 0 Å². The fraction of sp³-hybridized carbons (Fsp3) is 0.200. The normalized spacial score (nSPS) is 10.5. The van der Waals surface area contributed by atoms with E-state index in [4.69, 9.17) is 16.3 Å². The van der Waals surface area contributed by atoms with Crippen molar-refractivity contribution in [2.75, 3.05) is 7.05 Å². The fourth-order valence-electron chi connectivity index (χ4n) is 1.79. The predicted molar refractivity (Wildman–Crippen MR) is 75.4 cm³/mol. The van der Waals surface area contributed by atoms with Crippen LogP contribution in [0.1, 0.15) is 11.1 Å². The van der Waals surface area contributed by atoms with Gasteiger partial charge in [-0.25, -0.2) is 4.39 Å². The lowest BCUT2D eigenvalue weighted by Gasteiger charge is -2.13. The van der Waals surface area contributed by atoms with Gasteiger partial charge in [-0.05, 0) is 43.8 Å². The summed E-state index contributed by atoms with van der Waals surface area (Å²) in [6.45, 7) is 2.34. The summed E-state index contributed by atoms with van der Waals surface area (Å²) in [7, 11) is 1.76. The molecule has 0 spiro atoms. The predicted octanol–water partition coefficient (Wildman–Crippen LogP) is 4.30. The summed E-state index contributed by atoms with van der Waals surface area (Å²) < 4.78 is 19.5. The third kappa shape index (κ3) is 3.25. The Kier molecular flexibility index (Phi) is 4.40. The molecule has 0 fully saturated rings. The first-order valence-electron chi connectivity index (χ1n) is 5.98. The number of ether oxygens (including phenoxy) is 1. The number of aryl methyl sites for hydroxylation is 1.